The number of halogens is 1. The molecule has 0 saturated heterocycles. The minimum atomic E-state index is -0.640. The number of benzene rings is 1. The Morgan fingerprint density at radius 2 is 1.88 bits per heavy atom. The number of hydrogen-bond acceptors (Lipinski definition) is 3. The van der Waals surface area contributed by atoms with E-state index in [9.17, 15) is 14.0 Å². The summed E-state index contributed by atoms with van der Waals surface area (Å²) in [6.07, 6.45) is 0.310. The molecular formula is C18H28FN3O2. The minimum Gasteiger partial charge on any atom is -0.345 e. The maximum atomic E-state index is 14.2. The first kappa shape index (κ1) is 20.1. The van der Waals surface area contributed by atoms with Gasteiger partial charge in [-0.25, -0.2) is 4.39 Å². The van der Waals surface area contributed by atoms with Crippen molar-refractivity contribution in [2.24, 2.45) is 17.6 Å². The molecule has 0 spiro atoms. The Hall–Kier alpha value is -1.95. The van der Waals surface area contributed by atoms with Gasteiger partial charge in [0.15, 0.2) is 0 Å². The van der Waals surface area contributed by atoms with Crippen molar-refractivity contribution >= 4 is 17.5 Å². The van der Waals surface area contributed by atoms with Gasteiger partial charge in [0, 0.05) is 18.5 Å². The monoisotopic (exact) mass is 337 g/mol. The lowest BCUT2D eigenvalue weighted by Crippen LogP contribution is -2.55. The van der Waals surface area contributed by atoms with Crippen LogP contribution in [0.15, 0.2) is 18.2 Å². The quantitative estimate of drug-likeness (QED) is 0.715. The fourth-order valence-electron chi connectivity index (χ4n) is 2.09. The van der Waals surface area contributed by atoms with Crippen LogP contribution >= 0.6 is 0 Å². The second-order valence-corrected chi connectivity index (χ2v) is 7.07. The van der Waals surface area contributed by atoms with Gasteiger partial charge >= 0.3 is 0 Å². The van der Waals surface area contributed by atoms with Crippen LogP contribution in [0.1, 0.15) is 51.4 Å². The van der Waals surface area contributed by atoms with Gasteiger partial charge in [0.1, 0.15) is 5.82 Å². The Balaban J connectivity index is 2.87. The molecule has 1 aromatic rings. The molecule has 24 heavy (non-hydrogen) atoms. The molecule has 0 bridgehead atoms. The topological polar surface area (TPSA) is 84.2 Å². The Labute approximate surface area is 143 Å². The molecule has 0 aliphatic rings. The minimum absolute atomic E-state index is 0.0719. The van der Waals surface area contributed by atoms with E-state index in [1.807, 2.05) is 34.6 Å². The van der Waals surface area contributed by atoms with Gasteiger partial charge in [-0.1, -0.05) is 27.7 Å². The van der Waals surface area contributed by atoms with E-state index in [1.165, 1.54) is 12.1 Å². The van der Waals surface area contributed by atoms with Crippen molar-refractivity contribution in [1.29, 1.82) is 0 Å². The van der Waals surface area contributed by atoms with Gasteiger partial charge in [-0.2, -0.15) is 0 Å². The van der Waals surface area contributed by atoms with Crippen LogP contribution in [0.5, 0.6) is 0 Å². The molecule has 4 N–H and O–H groups in total. The largest absolute Gasteiger partial charge is 0.345 e. The zero-order valence-electron chi connectivity index (χ0n) is 15.1. The maximum Gasteiger partial charge on any atom is 0.251 e. The van der Waals surface area contributed by atoms with E-state index >= 15 is 0 Å². The predicted octanol–water partition coefficient (Wildman–Crippen LogP) is 2.91. The number of carbonyl (C=O) groups is 2. The van der Waals surface area contributed by atoms with E-state index in [1.54, 1.807) is 0 Å². The van der Waals surface area contributed by atoms with Crippen LogP contribution in [0.3, 0.4) is 0 Å². The molecule has 5 nitrogen and oxygen atoms in total. The van der Waals surface area contributed by atoms with Crippen LogP contribution in [-0.4, -0.2) is 23.9 Å². The van der Waals surface area contributed by atoms with E-state index in [0.29, 0.717) is 6.42 Å². The number of anilines is 1. The Bertz CT molecular complexity index is 602. The van der Waals surface area contributed by atoms with E-state index in [2.05, 4.69) is 10.6 Å². The normalized spacial score (nSPS) is 13.7. The lowest BCUT2D eigenvalue weighted by atomic mass is 9.88. The maximum absolute atomic E-state index is 14.2. The van der Waals surface area contributed by atoms with Crippen LogP contribution in [0.4, 0.5) is 10.1 Å². The van der Waals surface area contributed by atoms with E-state index < -0.39 is 17.3 Å². The van der Waals surface area contributed by atoms with Crippen molar-refractivity contribution in [3.05, 3.63) is 29.6 Å². The third-order valence-corrected chi connectivity index (χ3v) is 4.20. The van der Waals surface area contributed by atoms with Crippen LogP contribution in [0, 0.1) is 17.7 Å². The molecule has 1 aromatic carbocycles. The molecule has 0 aliphatic carbocycles. The highest BCUT2D eigenvalue weighted by Gasteiger charge is 2.29. The summed E-state index contributed by atoms with van der Waals surface area (Å²) in [5, 5.41) is 5.37. The lowest BCUT2D eigenvalue weighted by molar-refractivity contribution is -0.116. The van der Waals surface area contributed by atoms with Crippen LogP contribution in [-0.2, 0) is 4.79 Å². The van der Waals surface area contributed by atoms with Gasteiger partial charge < -0.3 is 16.4 Å². The third-order valence-electron chi connectivity index (χ3n) is 4.20. The third kappa shape index (κ3) is 5.30. The van der Waals surface area contributed by atoms with E-state index in [0.717, 1.165) is 6.07 Å². The second kappa shape index (κ2) is 8.24. The number of rotatable bonds is 7. The SMILES string of the molecule is CC(C)CC(=O)Nc1ccc(C(=O)NC(C)(CN)C(C)C)cc1F. The summed E-state index contributed by atoms with van der Waals surface area (Å²) in [5.74, 6) is -0.972. The first-order chi connectivity index (χ1) is 11.1. The molecule has 0 aromatic heterocycles. The van der Waals surface area contributed by atoms with Gasteiger partial charge in [-0.05, 0) is 37.0 Å². The molecule has 1 rings (SSSR count). The van der Waals surface area contributed by atoms with Crippen molar-refractivity contribution in [2.75, 3.05) is 11.9 Å². The second-order valence-electron chi connectivity index (χ2n) is 7.07. The van der Waals surface area contributed by atoms with E-state index in [-0.39, 0.29) is 35.5 Å². The average Bonchev–Trinajstić information content (AvgIpc) is 2.47. The number of nitrogens with one attached hydrogen (secondary N) is 2. The molecule has 6 heteroatoms. The van der Waals surface area contributed by atoms with Crippen molar-refractivity contribution < 1.29 is 14.0 Å². The molecule has 1 unspecified atom stereocenters. The van der Waals surface area contributed by atoms with Crippen molar-refractivity contribution in [3.63, 3.8) is 0 Å². The summed E-state index contributed by atoms with van der Waals surface area (Å²) in [6.45, 7) is 9.87. The first-order valence-corrected chi connectivity index (χ1v) is 8.21. The molecule has 0 radical (unpaired) electrons. The van der Waals surface area contributed by atoms with Crippen LogP contribution in [0.2, 0.25) is 0 Å². The summed E-state index contributed by atoms with van der Waals surface area (Å²) in [5.41, 5.74) is 5.44. The van der Waals surface area contributed by atoms with Crippen molar-refractivity contribution in [1.82, 2.24) is 5.32 Å². The summed E-state index contributed by atoms with van der Waals surface area (Å²) >= 11 is 0. The average molecular weight is 337 g/mol. The molecule has 2 amide bonds. The van der Waals surface area contributed by atoms with Gasteiger partial charge in [-0.3, -0.25) is 9.59 Å². The zero-order chi connectivity index (χ0) is 18.5. The van der Waals surface area contributed by atoms with Crippen LogP contribution < -0.4 is 16.4 Å². The fourth-order valence-corrected chi connectivity index (χ4v) is 2.09. The molecule has 134 valence electrons. The molecule has 0 fully saturated rings. The summed E-state index contributed by atoms with van der Waals surface area (Å²) in [7, 11) is 0. The Kier molecular flexibility index (Phi) is 6.90. The zero-order valence-corrected chi connectivity index (χ0v) is 15.1. The lowest BCUT2D eigenvalue weighted by Gasteiger charge is -2.33. The van der Waals surface area contributed by atoms with Gasteiger partial charge in [-0.15, -0.1) is 0 Å². The standard InChI is InChI=1S/C18H28FN3O2/c1-11(2)8-16(23)21-15-7-6-13(9-14(15)19)17(24)22-18(5,10-20)12(3)4/h6-7,9,11-12H,8,10,20H2,1-5H3,(H,21,23)(H,22,24). The van der Waals surface area contributed by atoms with Gasteiger partial charge in [0.2, 0.25) is 5.91 Å². The summed E-state index contributed by atoms with van der Waals surface area (Å²) in [4.78, 5) is 24.1. The Morgan fingerprint density at radius 1 is 1.25 bits per heavy atom. The number of hydrogen-bond donors (Lipinski definition) is 3. The predicted molar refractivity (Wildman–Crippen MR) is 94.2 cm³/mol. The smallest absolute Gasteiger partial charge is 0.251 e. The van der Waals surface area contributed by atoms with Crippen LogP contribution in [0.25, 0.3) is 0 Å². The van der Waals surface area contributed by atoms with Gasteiger partial charge in [0.25, 0.3) is 5.91 Å². The summed E-state index contributed by atoms with van der Waals surface area (Å²) < 4.78 is 14.2. The van der Waals surface area contributed by atoms with E-state index in [4.69, 9.17) is 5.73 Å². The Morgan fingerprint density at radius 3 is 2.33 bits per heavy atom. The number of amides is 2. The van der Waals surface area contributed by atoms with Crippen molar-refractivity contribution in [3.8, 4) is 0 Å². The highest BCUT2D eigenvalue weighted by Crippen LogP contribution is 2.19. The molecule has 0 aliphatic heterocycles. The summed E-state index contributed by atoms with van der Waals surface area (Å²) in [6, 6.07) is 4.01. The highest BCUT2D eigenvalue weighted by molar-refractivity contribution is 5.96. The highest BCUT2D eigenvalue weighted by atomic mass is 19.1. The first-order valence-electron chi connectivity index (χ1n) is 8.21. The number of nitrogens with two attached hydrogens (primary N) is 1. The molecule has 0 saturated carbocycles. The van der Waals surface area contributed by atoms with Gasteiger partial charge in [0.05, 0.1) is 11.2 Å². The molecular weight excluding hydrogens is 309 g/mol. The van der Waals surface area contributed by atoms with Crippen molar-refractivity contribution in [2.45, 2.75) is 46.6 Å². The molecule has 0 heterocycles. The fraction of sp³-hybridized carbons (Fsp3) is 0.556. The number of carbonyl (C=O) groups excluding carboxylic acids is 2. The molecule has 1 atom stereocenters.